The zero-order chi connectivity index (χ0) is 9.84. The van der Waals surface area contributed by atoms with Gasteiger partial charge in [0.25, 0.3) is 0 Å². The van der Waals surface area contributed by atoms with E-state index in [1.54, 1.807) is 6.07 Å². The van der Waals surface area contributed by atoms with Gasteiger partial charge in [0, 0.05) is 12.1 Å². The minimum atomic E-state index is -0.416. The number of hydrogen-bond acceptors (Lipinski definition) is 4. The molecule has 1 aromatic rings. The number of hydrogen-bond donors (Lipinski definition) is 0. The van der Waals surface area contributed by atoms with Gasteiger partial charge in [-0.1, -0.05) is 6.92 Å². The first-order valence-electron chi connectivity index (χ1n) is 4.10. The highest BCUT2D eigenvalue weighted by Crippen LogP contribution is 2.02. The van der Waals surface area contributed by atoms with E-state index in [4.69, 9.17) is 0 Å². The predicted octanol–water partition coefficient (Wildman–Crippen LogP) is 1.13. The highest BCUT2D eigenvalue weighted by Gasteiger charge is 2.08. The molecule has 0 aliphatic heterocycles. The molecule has 0 N–H and O–H groups in total. The molecule has 0 amide bonds. The fourth-order valence-corrected chi connectivity index (χ4v) is 0.997. The van der Waals surface area contributed by atoms with Crippen LogP contribution in [0.25, 0.3) is 0 Å². The molecule has 0 radical (unpaired) electrons. The minimum absolute atomic E-state index is 0.326. The fraction of sp³-hybridized carbons (Fsp3) is 0.444. The maximum absolute atomic E-state index is 11.1. The molecule has 0 unspecified atom stereocenters. The Morgan fingerprint density at radius 3 is 2.77 bits per heavy atom. The number of carbonyl (C=O) groups is 1. The first kappa shape index (κ1) is 9.64. The third-order valence-electron chi connectivity index (χ3n) is 1.61. The van der Waals surface area contributed by atoms with Crippen LogP contribution in [0.1, 0.15) is 28.9 Å². The minimum Gasteiger partial charge on any atom is -0.464 e. The summed E-state index contributed by atoms with van der Waals surface area (Å²) >= 11 is 0. The van der Waals surface area contributed by atoms with Gasteiger partial charge in [0.15, 0.2) is 5.69 Å². The molecule has 1 rings (SSSR count). The van der Waals surface area contributed by atoms with E-state index in [1.807, 2.05) is 13.8 Å². The van der Waals surface area contributed by atoms with Crippen molar-refractivity contribution in [2.24, 2.45) is 0 Å². The number of ether oxygens (including phenoxy) is 1. The van der Waals surface area contributed by atoms with Crippen LogP contribution in [-0.2, 0) is 11.2 Å². The van der Waals surface area contributed by atoms with E-state index in [0.717, 1.165) is 5.69 Å². The number of nitrogens with zero attached hydrogens (tertiary/aromatic N) is 2. The van der Waals surface area contributed by atoms with Gasteiger partial charge in [-0.15, -0.1) is 0 Å². The molecule has 0 aliphatic carbocycles. The van der Waals surface area contributed by atoms with Crippen LogP contribution in [0.3, 0.4) is 0 Å². The first-order chi connectivity index (χ1) is 6.17. The SMILES string of the molecule is CCc1nc(C)cc(C(=O)OC)n1. The van der Waals surface area contributed by atoms with Gasteiger partial charge in [-0.25, -0.2) is 14.8 Å². The van der Waals surface area contributed by atoms with Crippen LogP contribution in [0, 0.1) is 6.92 Å². The molecule has 4 heteroatoms. The highest BCUT2D eigenvalue weighted by molar-refractivity contribution is 5.87. The van der Waals surface area contributed by atoms with Crippen LogP contribution in [0.15, 0.2) is 6.07 Å². The molecule has 4 nitrogen and oxygen atoms in total. The molecule has 1 heterocycles. The number of esters is 1. The molecule has 0 saturated heterocycles. The Bertz CT molecular complexity index is 323. The van der Waals surface area contributed by atoms with E-state index >= 15 is 0 Å². The number of rotatable bonds is 2. The van der Waals surface area contributed by atoms with Gasteiger partial charge in [0.2, 0.25) is 0 Å². The summed E-state index contributed by atoms with van der Waals surface area (Å²) in [5.41, 5.74) is 1.11. The monoisotopic (exact) mass is 180 g/mol. The topological polar surface area (TPSA) is 52.1 Å². The van der Waals surface area contributed by atoms with Crippen LogP contribution in [-0.4, -0.2) is 23.0 Å². The Kier molecular flexibility index (Phi) is 2.95. The lowest BCUT2D eigenvalue weighted by Crippen LogP contribution is -2.08. The van der Waals surface area contributed by atoms with Crippen molar-refractivity contribution >= 4 is 5.97 Å². The van der Waals surface area contributed by atoms with Gasteiger partial charge in [-0.2, -0.15) is 0 Å². The molecule has 70 valence electrons. The fourth-order valence-electron chi connectivity index (χ4n) is 0.997. The second kappa shape index (κ2) is 3.98. The maximum Gasteiger partial charge on any atom is 0.356 e. The molecule has 0 aromatic carbocycles. The molecular formula is C9H12N2O2. The summed E-state index contributed by atoms with van der Waals surface area (Å²) in [5.74, 6) is 0.251. The lowest BCUT2D eigenvalue weighted by Gasteiger charge is -2.01. The average Bonchev–Trinajstić information content (AvgIpc) is 2.15. The van der Waals surface area contributed by atoms with E-state index in [9.17, 15) is 4.79 Å². The molecule has 0 saturated carbocycles. The zero-order valence-electron chi connectivity index (χ0n) is 8.00. The van der Waals surface area contributed by atoms with Gasteiger partial charge >= 0.3 is 5.97 Å². The molecule has 0 fully saturated rings. The van der Waals surface area contributed by atoms with Gasteiger partial charge in [-0.3, -0.25) is 0 Å². The van der Waals surface area contributed by atoms with Crippen molar-refractivity contribution in [1.82, 2.24) is 9.97 Å². The number of aromatic nitrogens is 2. The van der Waals surface area contributed by atoms with Crippen molar-refractivity contribution in [1.29, 1.82) is 0 Å². The molecular weight excluding hydrogens is 168 g/mol. The maximum atomic E-state index is 11.1. The van der Waals surface area contributed by atoms with Crippen molar-refractivity contribution in [2.75, 3.05) is 7.11 Å². The summed E-state index contributed by atoms with van der Waals surface area (Å²) in [6.07, 6.45) is 0.714. The summed E-state index contributed by atoms with van der Waals surface area (Å²) in [4.78, 5) is 19.3. The third kappa shape index (κ3) is 2.24. The molecule has 13 heavy (non-hydrogen) atoms. The number of methoxy groups -OCH3 is 1. The molecule has 1 aromatic heterocycles. The van der Waals surface area contributed by atoms with Crippen LogP contribution < -0.4 is 0 Å². The zero-order valence-corrected chi connectivity index (χ0v) is 8.00. The summed E-state index contributed by atoms with van der Waals surface area (Å²) in [7, 11) is 1.34. The van der Waals surface area contributed by atoms with Gasteiger partial charge in [0.05, 0.1) is 7.11 Å². The van der Waals surface area contributed by atoms with Crippen LogP contribution in [0.5, 0.6) is 0 Å². The van der Waals surface area contributed by atoms with Crippen LogP contribution in [0.2, 0.25) is 0 Å². The summed E-state index contributed by atoms with van der Waals surface area (Å²) in [6.45, 7) is 3.77. The van der Waals surface area contributed by atoms with E-state index in [0.29, 0.717) is 17.9 Å². The van der Waals surface area contributed by atoms with E-state index in [-0.39, 0.29) is 0 Å². The quantitative estimate of drug-likeness (QED) is 0.640. The van der Waals surface area contributed by atoms with Gasteiger partial charge in [-0.05, 0) is 13.0 Å². The van der Waals surface area contributed by atoms with E-state index in [2.05, 4.69) is 14.7 Å². The third-order valence-corrected chi connectivity index (χ3v) is 1.61. The van der Waals surface area contributed by atoms with Crippen molar-refractivity contribution in [3.05, 3.63) is 23.3 Å². The summed E-state index contributed by atoms with van der Waals surface area (Å²) in [6, 6.07) is 1.62. The molecule has 0 aliphatic rings. The number of aryl methyl sites for hydroxylation is 2. The van der Waals surface area contributed by atoms with Crippen LogP contribution >= 0.6 is 0 Å². The second-order valence-electron chi connectivity index (χ2n) is 2.66. The molecule has 0 bridgehead atoms. The van der Waals surface area contributed by atoms with Crippen molar-refractivity contribution in [3.63, 3.8) is 0 Å². The summed E-state index contributed by atoms with van der Waals surface area (Å²) < 4.78 is 4.56. The van der Waals surface area contributed by atoms with Gasteiger partial charge in [0.1, 0.15) is 5.82 Å². The lowest BCUT2D eigenvalue weighted by atomic mass is 10.3. The van der Waals surface area contributed by atoms with E-state index < -0.39 is 5.97 Å². The molecule has 0 spiro atoms. The van der Waals surface area contributed by atoms with Crippen molar-refractivity contribution in [3.8, 4) is 0 Å². The van der Waals surface area contributed by atoms with Crippen molar-refractivity contribution in [2.45, 2.75) is 20.3 Å². The average molecular weight is 180 g/mol. The standard InChI is InChI=1S/C9H12N2O2/c1-4-8-10-6(2)5-7(11-8)9(12)13-3/h5H,4H2,1-3H3. The Morgan fingerprint density at radius 1 is 1.54 bits per heavy atom. The smallest absolute Gasteiger partial charge is 0.356 e. The largest absolute Gasteiger partial charge is 0.464 e. The Hall–Kier alpha value is -1.45. The number of carbonyl (C=O) groups excluding carboxylic acids is 1. The highest BCUT2D eigenvalue weighted by atomic mass is 16.5. The van der Waals surface area contributed by atoms with Crippen molar-refractivity contribution < 1.29 is 9.53 Å². The first-order valence-corrected chi connectivity index (χ1v) is 4.10. The second-order valence-corrected chi connectivity index (χ2v) is 2.66. The van der Waals surface area contributed by atoms with E-state index in [1.165, 1.54) is 7.11 Å². The normalized spacial score (nSPS) is 9.77. The van der Waals surface area contributed by atoms with Crippen LogP contribution in [0.4, 0.5) is 0 Å². The Labute approximate surface area is 77.0 Å². The summed E-state index contributed by atoms with van der Waals surface area (Å²) in [5, 5.41) is 0. The lowest BCUT2D eigenvalue weighted by molar-refractivity contribution is 0.0593. The molecule has 0 atom stereocenters. The Balaban J connectivity index is 3.08. The predicted molar refractivity (Wildman–Crippen MR) is 47.5 cm³/mol. The van der Waals surface area contributed by atoms with Gasteiger partial charge < -0.3 is 4.74 Å². The Morgan fingerprint density at radius 2 is 2.23 bits per heavy atom.